The maximum atomic E-state index is 11.6. The van der Waals surface area contributed by atoms with Crippen LogP contribution in [-0.4, -0.2) is 43.7 Å². The number of hydrogen-bond donors (Lipinski definition) is 2. The average molecular weight is 412 g/mol. The maximum Gasteiger partial charge on any atom is 0.229 e. The molecule has 0 fully saturated rings. The topological polar surface area (TPSA) is 78.7 Å². The summed E-state index contributed by atoms with van der Waals surface area (Å²) in [5, 5.41) is 3.96. The first-order valence-corrected chi connectivity index (χ1v) is 10.8. The second-order valence-electron chi connectivity index (χ2n) is 6.32. The first-order valence-electron chi connectivity index (χ1n) is 8.55. The van der Waals surface area contributed by atoms with Gasteiger partial charge in [0.25, 0.3) is 0 Å². The minimum Gasteiger partial charge on any atom is -0.357 e. The summed E-state index contributed by atoms with van der Waals surface area (Å²) in [7, 11) is 0.550. The van der Waals surface area contributed by atoms with E-state index in [4.69, 9.17) is 11.6 Å². The zero-order valence-electron chi connectivity index (χ0n) is 16.0. The van der Waals surface area contributed by atoms with Crippen molar-refractivity contribution >= 4 is 33.3 Å². The number of aliphatic imine (C=N–C) groups is 1. The van der Waals surface area contributed by atoms with E-state index >= 15 is 0 Å². The van der Waals surface area contributed by atoms with E-state index < -0.39 is 10.0 Å². The molecule has 1 aromatic heterocycles. The zero-order chi connectivity index (χ0) is 20.0. The van der Waals surface area contributed by atoms with Crippen molar-refractivity contribution in [1.29, 1.82) is 0 Å². The zero-order valence-corrected chi connectivity index (χ0v) is 17.6. The van der Waals surface area contributed by atoms with E-state index in [-0.39, 0.29) is 0 Å². The smallest absolute Gasteiger partial charge is 0.229 e. The van der Waals surface area contributed by atoms with Gasteiger partial charge in [-0.2, -0.15) is 0 Å². The molecule has 0 aliphatic carbocycles. The summed E-state index contributed by atoms with van der Waals surface area (Å²) in [6, 6.07) is 9.16. The highest BCUT2D eigenvalue weighted by Gasteiger charge is 2.11. The van der Waals surface area contributed by atoms with Crippen LogP contribution >= 0.6 is 11.6 Å². The quantitative estimate of drug-likeness (QED) is 0.542. The lowest BCUT2D eigenvalue weighted by Gasteiger charge is -2.22. The Morgan fingerprint density at radius 1 is 1.33 bits per heavy atom. The molecule has 0 amide bonds. The summed E-state index contributed by atoms with van der Waals surface area (Å²) in [6.07, 6.45) is 3.00. The Balaban J connectivity index is 2.19. The predicted octanol–water partition coefficient (Wildman–Crippen LogP) is 2.65. The normalized spacial score (nSPS) is 12.1. The van der Waals surface area contributed by atoms with Crippen molar-refractivity contribution in [2.24, 2.45) is 12.0 Å². The van der Waals surface area contributed by atoms with Gasteiger partial charge < -0.3 is 14.8 Å². The van der Waals surface area contributed by atoms with Crippen LogP contribution in [0.5, 0.6) is 0 Å². The summed E-state index contributed by atoms with van der Waals surface area (Å²) >= 11 is 6.06. The van der Waals surface area contributed by atoms with E-state index in [2.05, 4.69) is 15.0 Å². The van der Waals surface area contributed by atoms with Gasteiger partial charge in [0.15, 0.2) is 5.96 Å². The summed E-state index contributed by atoms with van der Waals surface area (Å²) in [5.41, 5.74) is 2.40. The van der Waals surface area contributed by atoms with Gasteiger partial charge in [0.2, 0.25) is 10.0 Å². The van der Waals surface area contributed by atoms with Gasteiger partial charge in [0.1, 0.15) is 0 Å². The van der Waals surface area contributed by atoms with Crippen LogP contribution in [-0.2, 0) is 30.2 Å². The summed E-state index contributed by atoms with van der Waals surface area (Å²) in [5.74, 6) is 0.726. The fourth-order valence-corrected chi connectivity index (χ4v) is 3.50. The lowest BCUT2D eigenvalue weighted by molar-refractivity contribution is 0.462. The van der Waals surface area contributed by atoms with Crippen LogP contribution < -0.4 is 10.0 Å². The summed E-state index contributed by atoms with van der Waals surface area (Å²) < 4.78 is 27.6. The number of sulfonamides is 1. The number of para-hydroxylation sites is 1. The molecule has 0 aliphatic heterocycles. The molecule has 1 heterocycles. The summed E-state index contributed by atoms with van der Waals surface area (Å²) in [4.78, 5) is 6.66. The molecule has 0 saturated heterocycles. The van der Waals surface area contributed by atoms with Gasteiger partial charge in [-0.05, 0) is 24.6 Å². The van der Waals surface area contributed by atoms with E-state index in [1.165, 1.54) is 0 Å². The molecule has 2 rings (SSSR count). The van der Waals surface area contributed by atoms with Gasteiger partial charge in [-0.1, -0.05) is 29.8 Å². The van der Waals surface area contributed by atoms with E-state index in [1.54, 1.807) is 12.1 Å². The van der Waals surface area contributed by atoms with Gasteiger partial charge >= 0.3 is 0 Å². The molecule has 0 unspecified atom stereocenters. The highest BCUT2D eigenvalue weighted by Crippen LogP contribution is 2.18. The molecular weight excluding hydrogens is 386 g/mol. The van der Waals surface area contributed by atoms with Gasteiger partial charge in [-0.3, -0.25) is 4.72 Å². The molecule has 7 nitrogen and oxygen atoms in total. The lowest BCUT2D eigenvalue weighted by atomic mass is 10.2. The average Bonchev–Trinajstić information content (AvgIpc) is 2.88. The van der Waals surface area contributed by atoms with Crippen LogP contribution in [0.4, 0.5) is 5.69 Å². The molecule has 1 aromatic carbocycles. The number of anilines is 1. The van der Waals surface area contributed by atoms with Gasteiger partial charge in [-0.25, -0.2) is 13.4 Å². The van der Waals surface area contributed by atoms with E-state index in [0.29, 0.717) is 23.8 Å². The number of nitrogens with zero attached hydrogens (tertiary/aromatic N) is 3. The van der Waals surface area contributed by atoms with Crippen LogP contribution in [0, 0.1) is 0 Å². The van der Waals surface area contributed by atoms with Crippen molar-refractivity contribution < 1.29 is 8.42 Å². The maximum absolute atomic E-state index is 11.6. The van der Waals surface area contributed by atoms with Gasteiger partial charge in [0.05, 0.1) is 30.1 Å². The van der Waals surface area contributed by atoms with Crippen molar-refractivity contribution in [3.05, 3.63) is 52.8 Å². The third-order valence-electron chi connectivity index (χ3n) is 3.88. The Bertz CT molecular complexity index is 908. The Morgan fingerprint density at radius 2 is 2.04 bits per heavy atom. The Hall–Kier alpha value is -2.19. The summed E-state index contributed by atoms with van der Waals surface area (Å²) in [6.45, 7) is 3.71. The molecule has 0 saturated carbocycles. The Morgan fingerprint density at radius 3 is 2.63 bits per heavy atom. The predicted molar refractivity (Wildman–Crippen MR) is 112 cm³/mol. The van der Waals surface area contributed by atoms with Crippen LogP contribution in [0.2, 0.25) is 5.02 Å². The number of halogens is 1. The third-order valence-corrected chi connectivity index (χ3v) is 4.68. The molecule has 0 radical (unpaired) electrons. The largest absolute Gasteiger partial charge is 0.357 e. The van der Waals surface area contributed by atoms with Crippen LogP contribution in [0.15, 0.2) is 41.5 Å². The lowest BCUT2D eigenvalue weighted by Crippen LogP contribution is -2.38. The number of aromatic nitrogens is 1. The first kappa shape index (κ1) is 21.1. The van der Waals surface area contributed by atoms with Crippen LogP contribution in [0.25, 0.3) is 0 Å². The van der Waals surface area contributed by atoms with Gasteiger partial charge in [0, 0.05) is 32.5 Å². The minimum atomic E-state index is -3.35. The molecule has 27 heavy (non-hydrogen) atoms. The molecule has 2 N–H and O–H groups in total. The fourth-order valence-electron chi connectivity index (χ4n) is 2.63. The molecule has 0 spiro atoms. The highest BCUT2D eigenvalue weighted by molar-refractivity contribution is 7.92. The van der Waals surface area contributed by atoms with Crippen molar-refractivity contribution in [3.63, 3.8) is 0 Å². The molecule has 0 atom stereocenters. The second-order valence-corrected chi connectivity index (χ2v) is 8.50. The number of benzene rings is 1. The molecule has 148 valence electrons. The number of hydrogen-bond acceptors (Lipinski definition) is 3. The van der Waals surface area contributed by atoms with Crippen molar-refractivity contribution in [3.8, 4) is 0 Å². The van der Waals surface area contributed by atoms with Crippen LogP contribution in [0.1, 0.15) is 18.2 Å². The van der Waals surface area contributed by atoms with Crippen molar-refractivity contribution in [2.75, 3.05) is 24.6 Å². The molecule has 2 aromatic rings. The monoisotopic (exact) mass is 411 g/mol. The SMILES string of the molecule is CCNC(=NCc1ccccc1NS(C)(=O)=O)N(C)Cc1cc(Cl)cn1C. The molecule has 9 heteroatoms. The Kier molecular flexibility index (Phi) is 7.15. The van der Waals surface area contributed by atoms with Crippen LogP contribution in [0.3, 0.4) is 0 Å². The third kappa shape index (κ3) is 6.48. The number of rotatable bonds is 7. The standard InChI is InChI=1S/C18H26ClN5O2S/c1-5-20-18(24(3)13-16-10-15(19)12-23(16)2)21-11-14-8-6-7-9-17(14)22-27(4,25)26/h6-10,12,22H,5,11,13H2,1-4H3,(H,20,21). The van der Waals surface area contributed by atoms with E-state index in [9.17, 15) is 8.42 Å². The highest BCUT2D eigenvalue weighted by atomic mass is 35.5. The molecule has 0 aliphatic rings. The first-order chi connectivity index (χ1) is 12.7. The molecular formula is C18H26ClN5O2S. The Labute approximate surface area is 166 Å². The number of aryl methyl sites for hydroxylation is 1. The number of nitrogens with one attached hydrogen (secondary N) is 2. The van der Waals surface area contributed by atoms with Gasteiger partial charge in [-0.15, -0.1) is 0 Å². The van der Waals surface area contributed by atoms with E-state index in [0.717, 1.165) is 30.0 Å². The second kappa shape index (κ2) is 9.14. The fraction of sp³-hybridized carbons (Fsp3) is 0.389. The van der Waals surface area contributed by atoms with E-state index in [1.807, 2.05) is 54.9 Å². The minimum absolute atomic E-state index is 0.346. The van der Waals surface area contributed by atoms with Crippen molar-refractivity contribution in [2.45, 2.75) is 20.0 Å². The molecule has 0 bridgehead atoms. The number of guanidine groups is 1. The van der Waals surface area contributed by atoms with Crippen molar-refractivity contribution in [1.82, 2.24) is 14.8 Å².